The van der Waals surface area contributed by atoms with Crippen molar-refractivity contribution in [2.24, 2.45) is 53.0 Å². The van der Waals surface area contributed by atoms with E-state index in [0.717, 1.165) is 70.1 Å². The van der Waals surface area contributed by atoms with E-state index < -0.39 is 0 Å². The minimum Gasteiger partial charge on any atom is -0.399 e. The van der Waals surface area contributed by atoms with Crippen LogP contribution in [0.5, 0.6) is 0 Å². The largest absolute Gasteiger partial charge is 0.399 e. The van der Waals surface area contributed by atoms with E-state index in [1.54, 1.807) is 172 Å². The van der Waals surface area contributed by atoms with Crippen LogP contribution in [0.2, 0.25) is 0 Å². The first kappa shape index (κ1) is 101. The third-order valence-electron chi connectivity index (χ3n) is 21.3. The maximum atomic E-state index is 12.7. The number of nitrogens with two attached hydrogens (primary N) is 7. The first-order valence-electron chi connectivity index (χ1n) is 44.8. The van der Waals surface area contributed by atoms with Gasteiger partial charge in [0.15, 0.2) is 55.8 Å². The van der Waals surface area contributed by atoms with Crippen LogP contribution in [0.1, 0.15) is 118 Å². The molecule has 10 aromatic carbocycles. The van der Waals surface area contributed by atoms with Crippen molar-refractivity contribution in [3.8, 4) is 0 Å². The number of guanidine groups is 3. The number of hydrazone groups is 2. The van der Waals surface area contributed by atoms with Gasteiger partial charge in [-0.15, -0.1) is 10.2 Å². The lowest BCUT2D eigenvalue weighted by Crippen LogP contribution is -2.72. The molecule has 142 heavy (non-hydrogen) atoms. The predicted octanol–water partition coefficient (Wildman–Crippen LogP) is 8.59. The van der Waals surface area contributed by atoms with E-state index in [0.29, 0.717) is 107 Å². The molecule has 5 heterocycles. The topological polar surface area (TPSA) is 535 Å². The lowest BCUT2D eigenvalue weighted by Gasteiger charge is -2.11. The molecule has 15 aromatic rings. The highest BCUT2D eigenvalue weighted by atomic mass is 16.2. The first-order valence-corrected chi connectivity index (χ1v) is 44.8. The fourth-order valence-electron chi connectivity index (χ4n) is 13.7. The molecule has 36 nitrogen and oxygen atoms in total. The van der Waals surface area contributed by atoms with Gasteiger partial charge in [0.05, 0.1) is 33.9 Å². The predicted molar refractivity (Wildman–Crippen MR) is 555 cm³/mol. The maximum Gasteiger partial charge on any atom is 0.362 e. The Hall–Kier alpha value is -19.7. The van der Waals surface area contributed by atoms with Crippen LogP contribution in [-0.2, 0) is 33.7 Å². The Labute approximate surface area is 819 Å². The van der Waals surface area contributed by atoms with Crippen molar-refractivity contribution < 1.29 is 76.8 Å². The highest BCUT2D eigenvalue weighted by molar-refractivity contribution is 6.11. The molecule has 0 radical (unpaired) electrons. The maximum absolute atomic E-state index is 12.7. The van der Waals surface area contributed by atoms with Gasteiger partial charge in [0.25, 0.3) is 41.4 Å². The van der Waals surface area contributed by atoms with Crippen molar-refractivity contribution in [1.82, 2.24) is 0 Å². The molecule has 36 heteroatoms. The van der Waals surface area contributed by atoms with Crippen LogP contribution in [0, 0.1) is 0 Å². The zero-order chi connectivity index (χ0) is 101. The number of rotatable bonds is 28. The summed E-state index contributed by atoms with van der Waals surface area (Å²) in [5, 5.41) is 54.5. The van der Waals surface area contributed by atoms with Gasteiger partial charge in [-0.05, 0) is 270 Å². The van der Waals surface area contributed by atoms with Crippen LogP contribution in [-0.4, -0.2) is 76.7 Å². The molecule has 0 bridgehead atoms. The molecule has 716 valence electrons. The van der Waals surface area contributed by atoms with Gasteiger partial charge in [-0.2, -0.15) is 10.2 Å². The van der Waals surface area contributed by atoms with Crippen molar-refractivity contribution in [1.29, 1.82) is 0 Å². The second-order valence-corrected chi connectivity index (χ2v) is 32.0. The van der Waals surface area contributed by atoms with Gasteiger partial charge in [-0.3, -0.25) is 67.6 Å². The summed E-state index contributed by atoms with van der Waals surface area (Å²) in [5.74, 6) is -1.70. The summed E-state index contributed by atoms with van der Waals surface area (Å²) in [5.41, 5.74) is 51.0. The Kier molecular flexibility index (Phi) is 35.3. The number of fused-ring (bicyclic) bond motifs is 1. The Morgan fingerprint density at radius 1 is 0.303 bits per heavy atom. The average Bonchev–Trinajstić information content (AvgIpc) is 0.792. The van der Waals surface area contributed by atoms with E-state index in [-0.39, 0.29) is 65.3 Å². The number of hydrogen-bond acceptors (Lipinski definition) is 13. The molecule has 0 atom stereocenters. The van der Waals surface area contributed by atoms with Gasteiger partial charge < -0.3 is 64.2 Å². The molecule has 5 aromatic heterocycles. The normalized spacial score (nSPS) is 10.7. The minimum absolute atomic E-state index is 0.00946. The van der Waals surface area contributed by atoms with Crippen LogP contribution in [0.25, 0.3) is 10.9 Å². The number of nitrogens with zero attached hydrogens (tertiary/aromatic N) is 7. The molecule has 0 spiro atoms. The highest BCUT2D eigenvalue weighted by Crippen LogP contribution is 2.29. The number of aromatic nitrogens is 5. The van der Waals surface area contributed by atoms with Crippen LogP contribution in [0.3, 0.4) is 0 Å². The zero-order valence-electron chi connectivity index (χ0n) is 79.0. The third kappa shape index (κ3) is 30.7. The Bertz CT molecular complexity index is 7070. The molecule has 0 unspecified atom stereocenters. The number of hydrogen-bond donors (Lipinski definition) is 21. The molecular formula is C106H112N28O8+8. The molecule has 0 aliphatic carbocycles. The number of amides is 9. The van der Waals surface area contributed by atoms with Crippen molar-refractivity contribution in [2.75, 3.05) is 69.5 Å². The van der Waals surface area contributed by atoms with E-state index >= 15 is 0 Å². The molecule has 0 aliphatic rings. The quantitative estimate of drug-likeness (QED) is 0.00717. The second kappa shape index (κ2) is 49.5. The number of carbonyl (C=O) groups is 8. The van der Waals surface area contributed by atoms with Crippen LogP contribution < -0.4 is 137 Å². The van der Waals surface area contributed by atoms with Gasteiger partial charge in [0.2, 0.25) is 5.52 Å². The Morgan fingerprint density at radius 3 is 0.944 bits per heavy atom. The van der Waals surface area contributed by atoms with Gasteiger partial charge in [0.1, 0.15) is 50.7 Å². The summed E-state index contributed by atoms with van der Waals surface area (Å²) in [6.45, 7) is 12.0. The van der Waals surface area contributed by atoms with Gasteiger partial charge >= 0.3 is 23.9 Å². The van der Waals surface area contributed by atoms with Crippen LogP contribution in [0.4, 0.5) is 90.1 Å². The van der Waals surface area contributed by atoms with E-state index in [9.17, 15) is 38.4 Å². The Morgan fingerprint density at radius 2 is 0.592 bits per heavy atom. The molecular weight excluding hydrogens is 1790 g/mol. The average molecular weight is 1910 g/mol. The Balaban J connectivity index is 0.000000170. The highest BCUT2D eigenvalue weighted by Gasteiger charge is 2.20. The lowest BCUT2D eigenvalue weighted by molar-refractivity contribution is -0.693. The number of carbonyl (C=O) groups excluding carboxylic acids is 8. The van der Waals surface area contributed by atoms with Crippen LogP contribution >= 0.6 is 0 Å². The van der Waals surface area contributed by atoms with E-state index in [1.165, 1.54) is 0 Å². The standard InChI is InChI=1S/C29H27N7O3.C29H26N6O.C29H27N5O3.C19H24N10O/c1-2-36-17-3-4-25(18-36)34-28(39)21-7-13-23(14-8-21)32-26(37)19-5-11-22(12-6-19)33-27(38)20-9-15-24(16-10-20)35-29(30)31;1-34-16-13-25(14-17-34)31-22-6-3-20(4-7-22)29(36)33-24-10-8-23(9-11-24)32-27-15-18-35(2)28-12-5-21(30)19-26(27)28;1-3-33-17-5-7-23(19-33)29(37)31-25-15-9-21(10-16-25)27(35)30-24-13-11-22(12-14-24)28(36)32-26-8-6-18-34(4-2)20-26;1-11(26-28-17(20)21)13-3-7-15(8-4-13)24-19(30)25-16-9-5-14(6-10-16)12(2)27-29-18(22)23/h3-18H,2H2,1H3,(H6-,30,31,32,33,34,35,37,38,39);3-19H,30H2,1-2H3,(H,33,36);5-20H,3-4H2,1-2H3,(H-2,30,31,32,35,36,37);3-10H,1-2H3,(H4,20,21,28)(H4,22,23,29)(H2,24,25,30)/p+8. The summed E-state index contributed by atoms with van der Waals surface area (Å²) >= 11 is 0. The lowest BCUT2D eigenvalue weighted by atomic mass is 10.1. The SMILES string of the molecule is CC(=N[NH+]=C(N)N)c1ccc(NC(=O)Nc2ccc(C(C)=N[NH+]=C(N)N)cc2)cc1.CC[n+]1cccc(NC(=O)c2ccc(NC(=O)c3ccc(NC(=O)c4ccc(NC(N)=[NH2+])cc4)cc3)cc2)c1.CC[n+]1cccc(NC(=O)c2ccc(NC(=O)c3ccc(NC(=O)c4ccc[n+](CC)c4)cc3)cc2)c1.C[n+]1ccc(Nc2ccc(C(=O)Nc3ccc(Nc4cc[n+](C)c5ccc(N)cc45)cc3)cc2)cc1. The second-order valence-electron chi connectivity index (χ2n) is 32.0. The molecule has 28 N–H and O–H groups in total. The first-order chi connectivity index (χ1) is 68.4. The number of aryl methyl sites for hydroxylation is 5. The summed E-state index contributed by atoms with van der Waals surface area (Å²) in [6.07, 6.45) is 17.2. The minimum atomic E-state index is -0.370. The molecule has 9 amide bonds. The summed E-state index contributed by atoms with van der Waals surface area (Å²) in [4.78, 5) is 101. The van der Waals surface area contributed by atoms with Crippen molar-refractivity contribution >= 4 is 173 Å². The number of benzene rings is 10. The number of nitrogen functional groups attached to an aromatic ring is 1. The van der Waals surface area contributed by atoms with Gasteiger partial charge in [-0.1, -0.05) is 24.3 Å². The number of pyridine rings is 5. The fourth-order valence-corrected chi connectivity index (χ4v) is 13.7. The number of nitrogens with one attached hydrogen (secondary N) is 14. The van der Waals surface area contributed by atoms with Crippen molar-refractivity contribution in [2.45, 2.75) is 54.3 Å². The fraction of sp³-hybridized carbons (Fsp3) is 0.0943. The molecule has 0 aliphatic heterocycles. The molecule has 0 fully saturated rings. The smallest absolute Gasteiger partial charge is 0.362 e. The molecule has 15 rings (SSSR count). The summed E-state index contributed by atoms with van der Waals surface area (Å²) in [7, 11) is 3.98. The van der Waals surface area contributed by atoms with Gasteiger partial charge in [-0.25, -0.2) is 32.9 Å². The monoisotopic (exact) mass is 1900 g/mol. The number of anilines is 15. The van der Waals surface area contributed by atoms with E-state index in [1.807, 2.05) is 242 Å². The van der Waals surface area contributed by atoms with E-state index in [4.69, 9.17) is 39.8 Å². The third-order valence-corrected chi connectivity index (χ3v) is 21.3. The van der Waals surface area contributed by atoms with Gasteiger partial charge in [0, 0.05) is 133 Å². The van der Waals surface area contributed by atoms with Crippen LogP contribution in [0.15, 0.2) is 357 Å². The molecule has 0 saturated carbocycles. The number of urea groups is 1. The zero-order valence-corrected chi connectivity index (χ0v) is 79.0. The van der Waals surface area contributed by atoms with E-state index in [2.05, 4.69) is 88.8 Å². The van der Waals surface area contributed by atoms with Crippen molar-refractivity contribution in [3.05, 3.63) is 397 Å². The molecule has 0 saturated heterocycles. The summed E-state index contributed by atoms with van der Waals surface area (Å²) < 4.78 is 9.89. The summed E-state index contributed by atoms with van der Waals surface area (Å²) in [6, 6.07) is 85.0. The van der Waals surface area contributed by atoms with Crippen molar-refractivity contribution in [3.63, 3.8) is 0 Å².